The average molecular weight is 491 g/mol. The topological polar surface area (TPSA) is 35.5 Å². The van der Waals surface area contributed by atoms with Gasteiger partial charge in [0.1, 0.15) is 22.7 Å². The lowest BCUT2D eigenvalue weighted by Crippen LogP contribution is -2.40. The van der Waals surface area contributed by atoms with Gasteiger partial charge in [-0.05, 0) is 73.5 Å². The van der Waals surface area contributed by atoms with Crippen LogP contribution in [0.15, 0.2) is 97.1 Å². The molecule has 184 valence electrons. The van der Waals surface area contributed by atoms with Crippen LogP contribution in [-0.4, -0.2) is 19.1 Å². The third kappa shape index (κ3) is 4.98. The molecule has 0 heterocycles. The molecule has 0 spiro atoms. The van der Waals surface area contributed by atoms with Gasteiger partial charge in [-0.3, -0.25) is 4.79 Å². The third-order valence-electron chi connectivity index (χ3n) is 6.33. The summed E-state index contributed by atoms with van der Waals surface area (Å²) < 4.78 is 53.7. The van der Waals surface area contributed by atoms with E-state index in [9.17, 15) is 18.0 Å². The summed E-state index contributed by atoms with van der Waals surface area (Å²) in [4.78, 5) is 12.7. The minimum absolute atomic E-state index is 0.0894. The van der Waals surface area contributed by atoms with Gasteiger partial charge in [0, 0.05) is 11.1 Å². The van der Waals surface area contributed by atoms with E-state index in [4.69, 9.17) is 9.47 Å². The van der Waals surface area contributed by atoms with Crippen molar-refractivity contribution < 1.29 is 27.4 Å². The Morgan fingerprint density at radius 3 is 1.44 bits per heavy atom. The van der Waals surface area contributed by atoms with E-state index in [1.165, 1.54) is 55.6 Å². The molecule has 0 aliphatic rings. The van der Waals surface area contributed by atoms with Crippen LogP contribution in [0, 0.1) is 6.92 Å². The number of alkyl halides is 3. The fourth-order valence-electron chi connectivity index (χ4n) is 3.96. The first-order valence-corrected chi connectivity index (χ1v) is 11.3. The number of benzene rings is 4. The van der Waals surface area contributed by atoms with Crippen LogP contribution in [0.3, 0.4) is 0 Å². The zero-order chi connectivity index (χ0) is 25.9. The highest BCUT2D eigenvalue weighted by atomic mass is 19.4. The second-order valence-electron chi connectivity index (χ2n) is 8.70. The molecule has 4 aromatic rings. The van der Waals surface area contributed by atoms with Gasteiger partial charge in [0.05, 0.1) is 7.11 Å². The Bertz CT molecular complexity index is 1330. The summed E-state index contributed by atoms with van der Waals surface area (Å²) in [6.45, 7) is 3.12. The monoisotopic (exact) mass is 490 g/mol. The van der Waals surface area contributed by atoms with E-state index in [-0.39, 0.29) is 16.9 Å². The zero-order valence-electron chi connectivity index (χ0n) is 20.1. The van der Waals surface area contributed by atoms with Crippen molar-refractivity contribution in [1.29, 1.82) is 0 Å². The fourth-order valence-corrected chi connectivity index (χ4v) is 3.96. The highest BCUT2D eigenvalue weighted by Gasteiger charge is 2.53. The standard InChI is InChI=1S/C30H25F3O3/c1-20-4-6-21(7-5-20)28(34)22-8-14-26(15-9-22)36-27-18-12-24(13-19-27)29(2,30(31,32)33)23-10-16-25(35-3)17-11-23/h4-19H,1-3H3/t29-/m0/s1. The highest BCUT2D eigenvalue weighted by Crippen LogP contribution is 2.46. The van der Waals surface area contributed by atoms with Gasteiger partial charge in [0.2, 0.25) is 0 Å². The SMILES string of the molecule is COc1ccc([C@@](C)(c2ccc(Oc3ccc(C(=O)c4ccc(C)cc4)cc3)cc2)C(F)(F)F)cc1. The van der Waals surface area contributed by atoms with Gasteiger partial charge in [-0.25, -0.2) is 0 Å². The molecule has 3 nitrogen and oxygen atoms in total. The summed E-state index contributed by atoms with van der Waals surface area (Å²) >= 11 is 0. The van der Waals surface area contributed by atoms with Crippen molar-refractivity contribution in [2.75, 3.05) is 7.11 Å². The number of hydrogen-bond acceptors (Lipinski definition) is 3. The molecule has 4 rings (SSSR count). The van der Waals surface area contributed by atoms with Crippen molar-refractivity contribution in [3.63, 3.8) is 0 Å². The van der Waals surface area contributed by atoms with Crippen LogP contribution >= 0.6 is 0 Å². The average Bonchev–Trinajstić information content (AvgIpc) is 2.88. The quantitative estimate of drug-likeness (QED) is 0.247. The van der Waals surface area contributed by atoms with Crippen molar-refractivity contribution in [2.45, 2.75) is 25.4 Å². The Balaban J connectivity index is 1.53. The lowest BCUT2D eigenvalue weighted by Gasteiger charge is -2.33. The maximum absolute atomic E-state index is 14.3. The summed E-state index contributed by atoms with van der Waals surface area (Å²) in [5.74, 6) is 1.24. The number of carbonyl (C=O) groups excluding carboxylic acids is 1. The van der Waals surface area contributed by atoms with Crippen molar-refractivity contribution >= 4 is 5.78 Å². The van der Waals surface area contributed by atoms with Crippen molar-refractivity contribution in [2.24, 2.45) is 0 Å². The number of methoxy groups -OCH3 is 1. The molecule has 0 saturated heterocycles. The first-order chi connectivity index (χ1) is 17.1. The Kier molecular flexibility index (Phi) is 6.88. The Hall–Kier alpha value is -4.06. The molecule has 1 atom stereocenters. The minimum Gasteiger partial charge on any atom is -0.497 e. The predicted molar refractivity (Wildman–Crippen MR) is 133 cm³/mol. The number of hydrogen-bond donors (Lipinski definition) is 0. The smallest absolute Gasteiger partial charge is 0.402 e. The lowest BCUT2D eigenvalue weighted by atomic mass is 9.75. The first kappa shape index (κ1) is 25.0. The first-order valence-electron chi connectivity index (χ1n) is 11.3. The summed E-state index contributed by atoms with van der Waals surface area (Å²) in [7, 11) is 1.46. The molecule has 0 unspecified atom stereocenters. The zero-order valence-corrected chi connectivity index (χ0v) is 20.1. The van der Waals surface area contributed by atoms with E-state index in [2.05, 4.69) is 0 Å². The molecule has 0 aromatic heterocycles. The molecule has 0 bridgehead atoms. The maximum atomic E-state index is 14.3. The molecule has 0 radical (unpaired) electrons. The number of aryl methyl sites for hydroxylation is 1. The largest absolute Gasteiger partial charge is 0.497 e. The van der Waals surface area contributed by atoms with Gasteiger partial charge in [-0.1, -0.05) is 54.1 Å². The lowest BCUT2D eigenvalue weighted by molar-refractivity contribution is -0.173. The number of rotatable bonds is 7. The Morgan fingerprint density at radius 1 is 0.639 bits per heavy atom. The van der Waals surface area contributed by atoms with Crippen molar-refractivity contribution in [3.05, 3.63) is 125 Å². The van der Waals surface area contributed by atoms with E-state index in [0.717, 1.165) is 12.5 Å². The third-order valence-corrected chi connectivity index (χ3v) is 6.33. The predicted octanol–water partition coefficient (Wildman–Crippen LogP) is 7.90. The van der Waals surface area contributed by atoms with Gasteiger partial charge in [-0.2, -0.15) is 13.2 Å². The van der Waals surface area contributed by atoms with E-state index < -0.39 is 11.6 Å². The van der Waals surface area contributed by atoms with Crippen LogP contribution in [0.25, 0.3) is 0 Å². The van der Waals surface area contributed by atoms with E-state index in [1.54, 1.807) is 36.4 Å². The van der Waals surface area contributed by atoms with E-state index in [0.29, 0.717) is 28.4 Å². The molecule has 0 saturated carbocycles. The summed E-state index contributed by atoms with van der Waals surface area (Å²) in [5, 5.41) is 0. The van der Waals surface area contributed by atoms with Crippen LogP contribution in [0.1, 0.15) is 39.5 Å². The van der Waals surface area contributed by atoms with Gasteiger partial charge < -0.3 is 9.47 Å². The normalized spacial score (nSPS) is 13.1. The molecule has 0 aliphatic carbocycles. The highest BCUT2D eigenvalue weighted by molar-refractivity contribution is 6.09. The van der Waals surface area contributed by atoms with Crippen LogP contribution in [0.5, 0.6) is 17.2 Å². The van der Waals surface area contributed by atoms with Crippen LogP contribution in [-0.2, 0) is 5.41 Å². The number of carbonyl (C=O) groups is 1. The molecule has 0 aliphatic heterocycles. The molecular formula is C30H25F3O3. The maximum Gasteiger partial charge on any atom is 0.402 e. The Labute approximate surface area is 208 Å². The number of ether oxygens (including phenoxy) is 2. The summed E-state index contributed by atoms with van der Waals surface area (Å²) in [6.07, 6.45) is -4.52. The van der Waals surface area contributed by atoms with Gasteiger partial charge >= 0.3 is 6.18 Å². The molecule has 4 aromatic carbocycles. The van der Waals surface area contributed by atoms with Crippen LogP contribution in [0.4, 0.5) is 13.2 Å². The molecule has 0 N–H and O–H groups in total. The second kappa shape index (κ2) is 9.90. The number of ketones is 1. The van der Waals surface area contributed by atoms with Gasteiger partial charge in [-0.15, -0.1) is 0 Å². The van der Waals surface area contributed by atoms with Crippen LogP contribution < -0.4 is 9.47 Å². The van der Waals surface area contributed by atoms with Gasteiger partial charge in [0.15, 0.2) is 5.78 Å². The molecule has 0 amide bonds. The molecular weight excluding hydrogens is 465 g/mol. The summed E-state index contributed by atoms with van der Waals surface area (Å²) in [6, 6.07) is 25.7. The Morgan fingerprint density at radius 2 is 1.03 bits per heavy atom. The van der Waals surface area contributed by atoms with Crippen molar-refractivity contribution in [1.82, 2.24) is 0 Å². The second-order valence-corrected chi connectivity index (χ2v) is 8.70. The fraction of sp³-hybridized carbons (Fsp3) is 0.167. The van der Waals surface area contributed by atoms with Crippen LogP contribution in [0.2, 0.25) is 0 Å². The van der Waals surface area contributed by atoms with Crippen molar-refractivity contribution in [3.8, 4) is 17.2 Å². The van der Waals surface area contributed by atoms with E-state index in [1.807, 2.05) is 19.1 Å². The molecule has 6 heteroatoms. The number of halogens is 3. The minimum atomic E-state index is -4.52. The van der Waals surface area contributed by atoms with E-state index >= 15 is 0 Å². The van der Waals surface area contributed by atoms with Gasteiger partial charge in [0.25, 0.3) is 0 Å². The summed E-state index contributed by atoms with van der Waals surface area (Å²) in [5.41, 5.74) is 0.164. The molecule has 36 heavy (non-hydrogen) atoms. The molecule has 0 fully saturated rings.